The van der Waals surface area contributed by atoms with Crippen LogP contribution in [0, 0.1) is 0 Å². The van der Waals surface area contributed by atoms with Crippen LogP contribution in [-0.4, -0.2) is 53.8 Å². The van der Waals surface area contributed by atoms with Gasteiger partial charge in [-0.05, 0) is 24.6 Å². The van der Waals surface area contributed by atoms with Gasteiger partial charge in [-0.15, -0.1) is 0 Å². The van der Waals surface area contributed by atoms with E-state index >= 15 is 0 Å². The topological polar surface area (TPSA) is 66.9 Å². The molecule has 0 spiro atoms. The van der Waals surface area contributed by atoms with Crippen LogP contribution in [0.2, 0.25) is 0 Å². The number of benzene rings is 1. The van der Waals surface area contributed by atoms with Gasteiger partial charge in [0.15, 0.2) is 0 Å². The van der Waals surface area contributed by atoms with Crippen LogP contribution in [-0.2, 0) is 9.59 Å². The summed E-state index contributed by atoms with van der Waals surface area (Å²) in [6.45, 7) is 5.54. The third-order valence-electron chi connectivity index (χ3n) is 3.78. The van der Waals surface area contributed by atoms with Gasteiger partial charge in [0.25, 0.3) is 5.91 Å². The summed E-state index contributed by atoms with van der Waals surface area (Å²) >= 11 is 0. The van der Waals surface area contributed by atoms with Crippen molar-refractivity contribution in [3.8, 4) is 5.75 Å². The zero-order valence-electron chi connectivity index (χ0n) is 13.6. The molecule has 1 aromatic carbocycles. The predicted octanol–water partition coefficient (Wildman–Crippen LogP) is 1.70. The van der Waals surface area contributed by atoms with E-state index in [-0.39, 0.29) is 11.8 Å². The Morgan fingerprint density at radius 2 is 1.78 bits per heavy atom. The number of esters is 1. The average Bonchev–Trinajstić information content (AvgIpc) is 2.79. The van der Waals surface area contributed by atoms with Crippen LogP contribution >= 0.6 is 0 Å². The van der Waals surface area contributed by atoms with Gasteiger partial charge >= 0.3 is 5.97 Å². The quantitative estimate of drug-likeness (QED) is 0.628. The summed E-state index contributed by atoms with van der Waals surface area (Å²) in [7, 11) is 0. The molecule has 0 radical (unpaired) electrons. The minimum Gasteiger partial charge on any atom is -0.427 e. The molecule has 1 aliphatic rings. The first kappa shape index (κ1) is 17.0. The number of nitrogens with zero attached hydrogens (tertiary/aromatic N) is 2. The second-order valence-corrected chi connectivity index (χ2v) is 5.50. The SMILES string of the molecule is CCC(=O)N1CCCN(C(=O)c2cccc(OC(C)=O)c2)CC1. The van der Waals surface area contributed by atoms with E-state index in [1.165, 1.54) is 6.92 Å². The molecule has 0 bridgehead atoms. The Kier molecular flexibility index (Phi) is 5.73. The molecule has 6 heteroatoms. The van der Waals surface area contributed by atoms with Crippen LogP contribution in [0.1, 0.15) is 37.0 Å². The van der Waals surface area contributed by atoms with Gasteiger partial charge in [0, 0.05) is 45.1 Å². The van der Waals surface area contributed by atoms with Crippen molar-refractivity contribution in [2.75, 3.05) is 26.2 Å². The Bertz CT molecular complexity index is 600. The summed E-state index contributed by atoms with van der Waals surface area (Å²) in [4.78, 5) is 39.0. The lowest BCUT2D eigenvalue weighted by atomic mass is 10.2. The van der Waals surface area contributed by atoms with Gasteiger partial charge in [-0.25, -0.2) is 0 Å². The fraction of sp³-hybridized carbons (Fsp3) is 0.471. The second kappa shape index (κ2) is 7.76. The average molecular weight is 318 g/mol. The first-order chi connectivity index (χ1) is 11.0. The number of ether oxygens (including phenoxy) is 1. The van der Waals surface area contributed by atoms with E-state index in [0.29, 0.717) is 43.9 Å². The zero-order valence-corrected chi connectivity index (χ0v) is 13.6. The molecule has 6 nitrogen and oxygen atoms in total. The normalized spacial score (nSPS) is 15.0. The minimum atomic E-state index is -0.418. The lowest BCUT2D eigenvalue weighted by molar-refractivity contribution is -0.132. The number of hydrogen-bond acceptors (Lipinski definition) is 4. The predicted molar refractivity (Wildman–Crippen MR) is 85.1 cm³/mol. The van der Waals surface area contributed by atoms with Gasteiger partial charge in [0.05, 0.1) is 0 Å². The molecule has 1 aromatic rings. The molecule has 1 heterocycles. The molecule has 0 aliphatic carbocycles. The number of carbonyl (C=O) groups is 3. The zero-order chi connectivity index (χ0) is 16.8. The maximum absolute atomic E-state index is 12.6. The van der Waals surface area contributed by atoms with E-state index in [9.17, 15) is 14.4 Å². The molecule has 2 rings (SSSR count). The van der Waals surface area contributed by atoms with E-state index in [1.807, 2.05) is 11.8 Å². The molecule has 23 heavy (non-hydrogen) atoms. The molecular formula is C17H22N2O4. The van der Waals surface area contributed by atoms with Crippen LogP contribution in [0.4, 0.5) is 0 Å². The number of amides is 2. The van der Waals surface area contributed by atoms with Crippen molar-refractivity contribution in [3.63, 3.8) is 0 Å². The summed E-state index contributed by atoms with van der Waals surface area (Å²) in [5, 5.41) is 0. The van der Waals surface area contributed by atoms with Gasteiger partial charge in [-0.3, -0.25) is 14.4 Å². The standard InChI is InChI=1S/C17H22N2O4/c1-3-16(21)18-8-5-9-19(11-10-18)17(22)14-6-4-7-15(12-14)23-13(2)20/h4,6-7,12H,3,5,8-11H2,1-2H3. The van der Waals surface area contributed by atoms with Gasteiger partial charge in [-0.1, -0.05) is 13.0 Å². The van der Waals surface area contributed by atoms with Gasteiger partial charge < -0.3 is 14.5 Å². The molecule has 0 atom stereocenters. The molecule has 1 fully saturated rings. The first-order valence-electron chi connectivity index (χ1n) is 7.86. The van der Waals surface area contributed by atoms with Crippen molar-refractivity contribution in [3.05, 3.63) is 29.8 Å². The molecule has 2 amide bonds. The van der Waals surface area contributed by atoms with Crippen LogP contribution in [0.5, 0.6) is 5.75 Å². The molecule has 0 N–H and O–H groups in total. The monoisotopic (exact) mass is 318 g/mol. The Hall–Kier alpha value is -2.37. The molecule has 0 saturated carbocycles. The first-order valence-corrected chi connectivity index (χ1v) is 7.86. The highest BCUT2D eigenvalue weighted by Crippen LogP contribution is 2.16. The number of rotatable bonds is 3. The Morgan fingerprint density at radius 1 is 1.09 bits per heavy atom. The van der Waals surface area contributed by atoms with Gasteiger partial charge in [0.1, 0.15) is 5.75 Å². The summed E-state index contributed by atoms with van der Waals surface area (Å²) in [6.07, 6.45) is 1.25. The van der Waals surface area contributed by atoms with Gasteiger partial charge in [0.2, 0.25) is 5.91 Å². The molecule has 0 aromatic heterocycles. The molecular weight excluding hydrogens is 296 g/mol. The van der Waals surface area contributed by atoms with Crippen LogP contribution < -0.4 is 4.74 Å². The fourth-order valence-corrected chi connectivity index (χ4v) is 2.63. The Labute approximate surface area is 136 Å². The summed E-state index contributed by atoms with van der Waals surface area (Å²) in [5.74, 6) is -0.0417. The minimum absolute atomic E-state index is 0.107. The summed E-state index contributed by atoms with van der Waals surface area (Å²) in [6, 6.07) is 6.61. The number of hydrogen-bond donors (Lipinski definition) is 0. The van der Waals surface area contributed by atoms with E-state index in [4.69, 9.17) is 4.74 Å². The smallest absolute Gasteiger partial charge is 0.308 e. The van der Waals surface area contributed by atoms with Crippen molar-refractivity contribution in [1.82, 2.24) is 9.80 Å². The van der Waals surface area contributed by atoms with Crippen LogP contribution in [0.15, 0.2) is 24.3 Å². The summed E-state index contributed by atoms with van der Waals surface area (Å²) < 4.78 is 5.02. The Balaban J connectivity index is 2.05. The molecule has 0 unspecified atom stereocenters. The Morgan fingerprint density at radius 3 is 2.48 bits per heavy atom. The molecule has 124 valence electrons. The highest BCUT2D eigenvalue weighted by molar-refractivity contribution is 5.94. The maximum atomic E-state index is 12.6. The van der Waals surface area contributed by atoms with Crippen molar-refractivity contribution in [2.45, 2.75) is 26.7 Å². The van der Waals surface area contributed by atoms with E-state index in [0.717, 1.165) is 6.42 Å². The van der Waals surface area contributed by atoms with Crippen molar-refractivity contribution in [2.24, 2.45) is 0 Å². The molecule has 1 saturated heterocycles. The molecule has 1 aliphatic heterocycles. The van der Waals surface area contributed by atoms with E-state index in [2.05, 4.69) is 0 Å². The van der Waals surface area contributed by atoms with Crippen LogP contribution in [0.3, 0.4) is 0 Å². The number of carbonyl (C=O) groups excluding carboxylic acids is 3. The lowest BCUT2D eigenvalue weighted by Gasteiger charge is -2.22. The van der Waals surface area contributed by atoms with E-state index in [1.54, 1.807) is 29.2 Å². The highest BCUT2D eigenvalue weighted by Gasteiger charge is 2.22. The lowest BCUT2D eigenvalue weighted by Crippen LogP contribution is -2.37. The van der Waals surface area contributed by atoms with Crippen molar-refractivity contribution in [1.29, 1.82) is 0 Å². The van der Waals surface area contributed by atoms with Crippen LogP contribution in [0.25, 0.3) is 0 Å². The highest BCUT2D eigenvalue weighted by atomic mass is 16.5. The maximum Gasteiger partial charge on any atom is 0.308 e. The fourth-order valence-electron chi connectivity index (χ4n) is 2.63. The van der Waals surface area contributed by atoms with Crippen molar-refractivity contribution >= 4 is 17.8 Å². The third-order valence-corrected chi connectivity index (χ3v) is 3.78. The van der Waals surface area contributed by atoms with Gasteiger partial charge in [-0.2, -0.15) is 0 Å². The second-order valence-electron chi connectivity index (χ2n) is 5.50. The van der Waals surface area contributed by atoms with E-state index < -0.39 is 5.97 Å². The third kappa shape index (κ3) is 4.55. The summed E-state index contributed by atoms with van der Waals surface area (Å²) in [5.41, 5.74) is 0.485. The van der Waals surface area contributed by atoms with Crippen molar-refractivity contribution < 1.29 is 19.1 Å². The largest absolute Gasteiger partial charge is 0.427 e.